The molecule has 3 N–H and O–H groups in total. The molecule has 0 bridgehead atoms. The van der Waals surface area contributed by atoms with E-state index in [0.29, 0.717) is 11.3 Å². The lowest BCUT2D eigenvalue weighted by Crippen LogP contribution is -2.43. The predicted octanol–water partition coefficient (Wildman–Crippen LogP) is 3.67. The van der Waals surface area contributed by atoms with Crippen LogP contribution in [0.15, 0.2) is 54.7 Å². The molecule has 7 nitrogen and oxygen atoms in total. The summed E-state index contributed by atoms with van der Waals surface area (Å²) >= 11 is 0. The number of amides is 2. The van der Waals surface area contributed by atoms with Gasteiger partial charge in [0.15, 0.2) is 0 Å². The molecule has 0 aliphatic carbocycles. The van der Waals surface area contributed by atoms with Crippen molar-refractivity contribution in [2.75, 3.05) is 12.4 Å². The van der Waals surface area contributed by atoms with Crippen LogP contribution in [0.1, 0.15) is 36.7 Å². The highest BCUT2D eigenvalue weighted by atomic mass is 16.5. The zero-order chi connectivity index (χ0) is 22.6. The van der Waals surface area contributed by atoms with Gasteiger partial charge < -0.3 is 20.4 Å². The molecule has 162 valence electrons. The minimum atomic E-state index is -0.857. The Labute approximate surface area is 181 Å². The van der Waals surface area contributed by atoms with Crippen molar-refractivity contribution in [2.45, 2.75) is 33.2 Å². The Morgan fingerprint density at radius 3 is 2.52 bits per heavy atom. The van der Waals surface area contributed by atoms with E-state index in [9.17, 15) is 14.4 Å². The summed E-state index contributed by atoms with van der Waals surface area (Å²) in [6.07, 6.45) is 2.11. The number of rotatable bonds is 6. The number of benzene rings is 2. The van der Waals surface area contributed by atoms with E-state index in [4.69, 9.17) is 4.74 Å². The quantitative estimate of drug-likeness (QED) is 0.529. The second-order valence-corrected chi connectivity index (χ2v) is 8.40. The normalized spacial score (nSPS) is 12.3. The number of esters is 1. The molecule has 7 heteroatoms. The van der Waals surface area contributed by atoms with Crippen molar-refractivity contribution in [3.8, 4) is 0 Å². The summed E-state index contributed by atoms with van der Waals surface area (Å²) in [5, 5.41) is 6.55. The molecule has 0 spiro atoms. The lowest BCUT2D eigenvalue weighted by molar-refractivity contribution is -0.142. The Balaban J connectivity index is 1.77. The van der Waals surface area contributed by atoms with E-state index < -0.39 is 23.3 Å². The molecule has 0 aliphatic rings. The highest BCUT2D eigenvalue weighted by molar-refractivity contribution is 6.00. The third-order valence-electron chi connectivity index (χ3n) is 4.95. The standard InChI is InChI=1S/C24H27N3O4/c1-24(2,3)23(30)26-17-9-7-8-15(12-17)21(28)27-20(22(29)31-4)13-16-14-25-19-11-6-5-10-18(16)19/h5-12,14,20,25H,13H2,1-4H3,(H,26,30)(H,27,28)/t20-/m1/s1. The van der Waals surface area contributed by atoms with Crippen LogP contribution < -0.4 is 10.6 Å². The molecular formula is C24H27N3O4. The lowest BCUT2D eigenvalue weighted by Gasteiger charge is -2.19. The molecule has 0 saturated carbocycles. The van der Waals surface area contributed by atoms with Crippen LogP contribution in [0, 0.1) is 5.41 Å². The summed E-state index contributed by atoms with van der Waals surface area (Å²) < 4.78 is 4.90. The van der Waals surface area contributed by atoms with E-state index in [-0.39, 0.29) is 12.3 Å². The first kappa shape index (κ1) is 22.1. The highest BCUT2D eigenvalue weighted by Gasteiger charge is 2.25. The van der Waals surface area contributed by atoms with Gasteiger partial charge in [-0.15, -0.1) is 0 Å². The molecule has 1 aromatic heterocycles. The molecule has 0 unspecified atom stereocenters. The molecular weight excluding hydrogens is 394 g/mol. The third-order valence-corrected chi connectivity index (χ3v) is 4.95. The maximum atomic E-state index is 12.9. The maximum Gasteiger partial charge on any atom is 0.328 e. The van der Waals surface area contributed by atoms with Gasteiger partial charge >= 0.3 is 5.97 Å². The van der Waals surface area contributed by atoms with Crippen LogP contribution in [0.3, 0.4) is 0 Å². The van der Waals surface area contributed by atoms with Gasteiger partial charge in [0.1, 0.15) is 6.04 Å². The number of carbonyl (C=O) groups is 3. The van der Waals surface area contributed by atoms with E-state index in [1.54, 1.807) is 24.3 Å². The van der Waals surface area contributed by atoms with Crippen LogP contribution in [0.4, 0.5) is 5.69 Å². The monoisotopic (exact) mass is 421 g/mol. The number of nitrogens with one attached hydrogen (secondary N) is 3. The molecule has 1 heterocycles. The Morgan fingerprint density at radius 2 is 1.81 bits per heavy atom. The van der Waals surface area contributed by atoms with E-state index >= 15 is 0 Å². The number of aromatic nitrogens is 1. The summed E-state index contributed by atoms with van der Waals surface area (Å²) in [6, 6.07) is 13.5. The fourth-order valence-corrected chi connectivity index (χ4v) is 3.15. The maximum absolute atomic E-state index is 12.9. The topological polar surface area (TPSA) is 100 Å². The molecule has 3 aromatic rings. The molecule has 2 amide bonds. The van der Waals surface area contributed by atoms with Gasteiger partial charge in [-0.1, -0.05) is 45.0 Å². The first-order chi connectivity index (χ1) is 14.7. The smallest absolute Gasteiger partial charge is 0.328 e. The Bertz CT molecular complexity index is 1110. The third kappa shape index (κ3) is 5.31. The van der Waals surface area contributed by atoms with Gasteiger partial charge in [0.2, 0.25) is 5.91 Å². The lowest BCUT2D eigenvalue weighted by atomic mass is 9.95. The number of fused-ring (bicyclic) bond motifs is 1. The van der Waals surface area contributed by atoms with Gasteiger partial charge in [-0.3, -0.25) is 9.59 Å². The molecule has 0 radical (unpaired) electrons. The minimum Gasteiger partial charge on any atom is -0.467 e. The zero-order valence-corrected chi connectivity index (χ0v) is 18.1. The molecule has 2 aromatic carbocycles. The molecule has 1 atom stereocenters. The van der Waals surface area contributed by atoms with E-state index in [1.807, 2.05) is 51.2 Å². The Kier molecular flexibility index (Phi) is 6.44. The molecule has 0 fully saturated rings. The Hall–Kier alpha value is -3.61. The summed E-state index contributed by atoms with van der Waals surface area (Å²) in [5.41, 5.74) is 2.14. The van der Waals surface area contributed by atoms with Crippen molar-refractivity contribution < 1.29 is 19.1 Å². The fraction of sp³-hybridized carbons (Fsp3) is 0.292. The van der Waals surface area contributed by atoms with E-state index in [2.05, 4.69) is 15.6 Å². The van der Waals surface area contributed by atoms with Crippen LogP contribution in [0.2, 0.25) is 0 Å². The number of para-hydroxylation sites is 1. The minimum absolute atomic E-state index is 0.156. The van der Waals surface area contributed by atoms with Gasteiger partial charge in [-0.05, 0) is 29.8 Å². The van der Waals surface area contributed by atoms with Crippen molar-refractivity contribution in [2.24, 2.45) is 5.41 Å². The summed E-state index contributed by atoms with van der Waals surface area (Å²) in [5.74, 6) is -1.12. The van der Waals surface area contributed by atoms with E-state index in [0.717, 1.165) is 16.5 Å². The molecule has 31 heavy (non-hydrogen) atoms. The van der Waals surface area contributed by atoms with Crippen molar-refractivity contribution >= 4 is 34.4 Å². The number of H-pyrrole nitrogens is 1. The van der Waals surface area contributed by atoms with Crippen LogP contribution in [0.25, 0.3) is 10.9 Å². The molecule has 0 aliphatic heterocycles. The van der Waals surface area contributed by atoms with Crippen LogP contribution in [-0.4, -0.2) is 35.9 Å². The van der Waals surface area contributed by atoms with Crippen molar-refractivity contribution in [3.63, 3.8) is 0 Å². The number of ether oxygens (including phenoxy) is 1. The van der Waals surface area contributed by atoms with Gasteiger partial charge in [-0.25, -0.2) is 4.79 Å². The van der Waals surface area contributed by atoms with Gasteiger partial charge in [0.05, 0.1) is 7.11 Å². The van der Waals surface area contributed by atoms with Crippen molar-refractivity contribution in [1.29, 1.82) is 0 Å². The van der Waals surface area contributed by atoms with Gasteiger partial charge in [-0.2, -0.15) is 0 Å². The Morgan fingerprint density at radius 1 is 1.06 bits per heavy atom. The SMILES string of the molecule is COC(=O)[C@@H](Cc1c[nH]c2ccccc12)NC(=O)c1cccc(NC(=O)C(C)(C)C)c1. The number of hydrogen-bond acceptors (Lipinski definition) is 4. The highest BCUT2D eigenvalue weighted by Crippen LogP contribution is 2.21. The fourth-order valence-electron chi connectivity index (χ4n) is 3.15. The number of anilines is 1. The predicted molar refractivity (Wildman–Crippen MR) is 120 cm³/mol. The van der Waals surface area contributed by atoms with Crippen molar-refractivity contribution in [3.05, 3.63) is 65.9 Å². The second-order valence-electron chi connectivity index (χ2n) is 8.40. The van der Waals surface area contributed by atoms with Crippen LogP contribution >= 0.6 is 0 Å². The first-order valence-electron chi connectivity index (χ1n) is 10.0. The molecule has 0 saturated heterocycles. The summed E-state index contributed by atoms with van der Waals surface area (Å²) in [7, 11) is 1.29. The average molecular weight is 421 g/mol. The average Bonchev–Trinajstić information content (AvgIpc) is 3.15. The zero-order valence-electron chi connectivity index (χ0n) is 18.1. The summed E-state index contributed by atoms with van der Waals surface area (Å²) in [6.45, 7) is 5.43. The van der Waals surface area contributed by atoms with Gasteiger partial charge in [0, 0.05) is 40.2 Å². The first-order valence-corrected chi connectivity index (χ1v) is 10.0. The second kappa shape index (κ2) is 9.04. The van der Waals surface area contributed by atoms with Crippen molar-refractivity contribution in [1.82, 2.24) is 10.3 Å². The van der Waals surface area contributed by atoms with Gasteiger partial charge in [0.25, 0.3) is 5.91 Å². The number of aromatic amines is 1. The number of hydrogen-bond donors (Lipinski definition) is 3. The van der Waals surface area contributed by atoms with Crippen LogP contribution in [-0.2, 0) is 20.7 Å². The van der Waals surface area contributed by atoms with E-state index in [1.165, 1.54) is 7.11 Å². The molecule has 3 rings (SSSR count). The largest absolute Gasteiger partial charge is 0.467 e. The number of methoxy groups -OCH3 is 1. The summed E-state index contributed by atoms with van der Waals surface area (Å²) in [4.78, 5) is 40.6. The van der Waals surface area contributed by atoms with Crippen LogP contribution in [0.5, 0.6) is 0 Å². The number of carbonyl (C=O) groups excluding carboxylic acids is 3.